The molecule has 0 saturated heterocycles. The Hall–Kier alpha value is -2.60. The molecule has 1 amide bonds. The lowest BCUT2D eigenvalue weighted by molar-refractivity contribution is -0.384. The van der Waals surface area contributed by atoms with Gasteiger partial charge in [-0.15, -0.1) is 0 Å². The van der Waals surface area contributed by atoms with E-state index in [1.165, 1.54) is 18.2 Å². The monoisotopic (exact) mass is 334 g/mol. The maximum absolute atomic E-state index is 12.2. The van der Waals surface area contributed by atoms with E-state index in [1.54, 1.807) is 19.1 Å². The Balaban J connectivity index is 2.10. The number of nitro benzene ring substituents is 1. The third-order valence-electron chi connectivity index (χ3n) is 3.10. The molecule has 2 rings (SSSR count). The molecule has 6 nitrogen and oxygen atoms in total. The first-order chi connectivity index (χ1) is 11.0. The number of benzene rings is 2. The van der Waals surface area contributed by atoms with Crippen LogP contribution in [0, 0.1) is 10.1 Å². The lowest BCUT2D eigenvalue weighted by atomic mass is 10.2. The summed E-state index contributed by atoms with van der Waals surface area (Å²) in [4.78, 5) is 22.4. The van der Waals surface area contributed by atoms with E-state index in [2.05, 4.69) is 5.32 Å². The minimum Gasteiger partial charge on any atom is -0.479 e. The highest BCUT2D eigenvalue weighted by atomic mass is 35.5. The van der Waals surface area contributed by atoms with Gasteiger partial charge in [0, 0.05) is 17.8 Å². The van der Waals surface area contributed by atoms with Gasteiger partial charge in [-0.05, 0) is 24.6 Å². The zero-order chi connectivity index (χ0) is 16.8. The molecule has 1 unspecified atom stereocenters. The van der Waals surface area contributed by atoms with Crippen LogP contribution in [0.2, 0.25) is 5.02 Å². The predicted molar refractivity (Wildman–Crippen MR) is 87.9 cm³/mol. The molecule has 0 fully saturated rings. The van der Waals surface area contributed by atoms with Crippen molar-refractivity contribution in [3.05, 3.63) is 63.7 Å². The zero-order valence-electron chi connectivity index (χ0n) is 12.4. The van der Waals surface area contributed by atoms with E-state index in [9.17, 15) is 14.9 Å². The topological polar surface area (TPSA) is 81.5 Å². The fraction of sp³-hybridized carbons (Fsp3) is 0.188. The standard InChI is InChI=1S/C16H15ClN2O4/c1-2-14(16(20)18-11-6-4-3-5-7-11)23-15-9-8-12(19(21)22)10-13(15)17/h3-10,14H,2H2,1H3,(H,18,20). The summed E-state index contributed by atoms with van der Waals surface area (Å²) >= 11 is 5.98. The van der Waals surface area contributed by atoms with Gasteiger partial charge in [0.1, 0.15) is 5.75 Å². The third kappa shape index (κ3) is 4.43. The van der Waals surface area contributed by atoms with Crippen molar-refractivity contribution in [1.29, 1.82) is 0 Å². The lowest BCUT2D eigenvalue weighted by Gasteiger charge is -2.18. The van der Waals surface area contributed by atoms with E-state index in [0.29, 0.717) is 12.1 Å². The van der Waals surface area contributed by atoms with Gasteiger partial charge in [0.2, 0.25) is 0 Å². The molecule has 2 aromatic rings. The Labute approximate surface area is 138 Å². The SMILES string of the molecule is CCC(Oc1ccc([N+](=O)[O-])cc1Cl)C(=O)Nc1ccccc1. The average molecular weight is 335 g/mol. The van der Waals surface area contributed by atoms with Crippen LogP contribution in [0.3, 0.4) is 0 Å². The Morgan fingerprint density at radius 2 is 2.00 bits per heavy atom. The van der Waals surface area contributed by atoms with Crippen molar-refractivity contribution in [2.75, 3.05) is 5.32 Å². The van der Waals surface area contributed by atoms with E-state index in [0.717, 1.165) is 0 Å². The highest BCUT2D eigenvalue weighted by Gasteiger charge is 2.20. The summed E-state index contributed by atoms with van der Waals surface area (Å²) in [6.07, 6.45) is -0.333. The van der Waals surface area contributed by atoms with E-state index in [4.69, 9.17) is 16.3 Å². The van der Waals surface area contributed by atoms with E-state index in [1.807, 2.05) is 18.2 Å². The van der Waals surface area contributed by atoms with Crippen molar-refractivity contribution in [3.63, 3.8) is 0 Å². The number of anilines is 1. The van der Waals surface area contributed by atoms with Crippen LogP contribution in [0.4, 0.5) is 11.4 Å². The Bertz CT molecular complexity index is 706. The number of halogens is 1. The van der Waals surface area contributed by atoms with Gasteiger partial charge in [0.25, 0.3) is 11.6 Å². The van der Waals surface area contributed by atoms with Crippen molar-refractivity contribution >= 4 is 28.9 Å². The minimum absolute atomic E-state index is 0.0881. The average Bonchev–Trinajstić information content (AvgIpc) is 2.54. The number of hydrogen-bond acceptors (Lipinski definition) is 4. The number of hydrogen-bond donors (Lipinski definition) is 1. The molecule has 7 heteroatoms. The molecule has 0 heterocycles. The van der Waals surface area contributed by atoms with Crippen LogP contribution in [0.5, 0.6) is 5.75 Å². The van der Waals surface area contributed by atoms with Gasteiger partial charge in [-0.3, -0.25) is 14.9 Å². The molecule has 23 heavy (non-hydrogen) atoms. The second kappa shape index (κ2) is 7.60. The van der Waals surface area contributed by atoms with Gasteiger partial charge in [-0.1, -0.05) is 36.7 Å². The Morgan fingerprint density at radius 1 is 1.30 bits per heavy atom. The zero-order valence-corrected chi connectivity index (χ0v) is 13.1. The summed E-state index contributed by atoms with van der Waals surface area (Å²) in [5, 5.41) is 13.5. The molecular formula is C16H15ClN2O4. The largest absolute Gasteiger partial charge is 0.479 e. The Morgan fingerprint density at radius 3 is 2.57 bits per heavy atom. The number of para-hydroxylation sites is 1. The number of rotatable bonds is 6. The minimum atomic E-state index is -0.755. The summed E-state index contributed by atoms with van der Waals surface area (Å²) < 4.78 is 5.60. The van der Waals surface area contributed by atoms with E-state index >= 15 is 0 Å². The molecule has 0 aliphatic heterocycles. The van der Waals surface area contributed by atoms with Gasteiger partial charge in [-0.2, -0.15) is 0 Å². The molecule has 0 aromatic heterocycles. The number of nitrogens with one attached hydrogen (secondary N) is 1. The number of carbonyl (C=O) groups excluding carboxylic acids is 1. The number of nitrogens with zero attached hydrogens (tertiary/aromatic N) is 1. The third-order valence-corrected chi connectivity index (χ3v) is 3.40. The maximum atomic E-state index is 12.2. The van der Waals surface area contributed by atoms with Crippen LogP contribution in [0.15, 0.2) is 48.5 Å². The van der Waals surface area contributed by atoms with Crippen LogP contribution in [0.25, 0.3) is 0 Å². The summed E-state index contributed by atoms with van der Waals surface area (Å²) in [5.74, 6) is -0.0829. The summed E-state index contributed by atoms with van der Waals surface area (Å²) in [6.45, 7) is 1.80. The molecule has 1 N–H and O–H groups in total. The van der Waals surface area contributed by atoms with E-state index < -0.39 is 11.0 Å². The first-order valence-electron chi connectivity index (χ1n) is 6.97. The van der Waals surface area contributed by atoms with Gasteiger partial charge < -0.3 is 10.1 Å². The highest BCUT2D eigenvalue weighted by Crippen LogP contribution is 2.29. The number of nitro groups is 1. The lowest BCUT2D eigenvalue weighted by Crippen LogP contribution is -2.32. The number of ether oxygens (including phenoxy) is 1. The molecule has 2 aromatic carbocycles. The normalized spacial score (nSPS) is 11.6. The van der Waals surface area contributed by atoms with Gasteiger partial charge >= 0.3 is 0 Å². The van der Waals surface area contributed by atoms with Crippen molar-refractivity contribution < 1.29 is 14.5 Å². The van der Waals surface area contributed by atoms with Crippen LogP contribution in [0.1, 0.15) is 13.3 Å². The van der Waals surface area contributed by atoms with Gasteiger partial charge in [-0.25, -0.2) is 0 Å². The second-order valence-corrected chi connectivity index (χ2v) is 5.15. The van der Waals surface area contributed by atoms with E-state index in [-0.39, 0.29) is 22.4 Å². The summed E-state index contributed by atoms with van der Waals surface area (Å²) in [5.41, 5.74) is 0.526. The van der Waals surface area contributed by atoms with Crippen LogP contribution in [-0.4, -0.2) is 16.9 Å². The first-order valence-corrected chi connectivity index (χ1v) is 7.35. The quantitative estimate of drug-likeness (QED) is 0.638. The fourth-order valence-electron chi connectivity index (χ4n) is 1.92. The second-order valence-electron chi connectivity index (χ2n) is 4.74. The molecule has 0 spiro atoms. The number of amides is 1. The molecule has 1 atom stereocenters. The van der Waals surface area contributed by atoms with Crippen molar-refractivity contribution in [1.82, 2.24) is 0 Å². The Kier molecular flexibility index (Phi) is 5.54. The van der Waals surface area contributed by atoms with Crippen LogP contribution < -0.4 is 10.1 Å². The van der Waals surface area contributed by atoms with Gasteiger partial charge in [0.05, 0.1) is 9.95 Å². The number of non-ortho nitro benzene ring substituents is 1. The van der Waals surface area contributed by atoms with Crippen molar-refractivity contribution in [2.45, 2.75) is 19.4 Å². The highest BCUT2D eigenvalue weighted by molar-refractivity contribution is 6.32. The molecule has 0 saturated carbocycles. The molecule has 0 aliphatic rings. The maximum Gasteiger partial charge on any atom is 0.271 e. The first kappa shape index (κ1) is 16.8. The summed E-state index contributed by atoms with van der Waals surface area (Å²) in [7, 11) is 0. The molecule has 0 radical (unpaired) electrons. The number of carbonyl (C=O) groups is 1. The van der Waals surface area contributed by atoms with Gasteiger partial charge in [0.15, 0.2) is 6.10 Å². The predicted octanol–water partition coefficient (Wildman–Crippen LogP) is 4.04. The summed E-state index contributed by atoms with van der Waals surface area (Å²) in [6, 6.07) is 12.9. The molecule has 0 bridgehead atoms. The van der Waals surface area contributed by atoms with Crippen molar-refractivity contribution in [2.24, 2.45) is 0 Å². The smallest absolute Gasteiger partial charge is 0.271 e. The fourth-order valence-corrected chi connectivity index (χ4v) is 2.14. The molecule has 0 aliphatic carbocycles. The van der Waals surface area contributed by atoms with Crippen LogP contribution >= 0.6 is 11.6 Å². The molecule has 120 valence electrons. The van der Waals surface area contributed by atoms with Crippen molar-refractivity contribution in [3.8, 4) is 5.75 Å². The van der Waals surface area contributed by atoms with Crippen LogP contribution in [-0.2, 0) is 4.79 Å². The molecular weight excluding hydrogens is 320 g/mol.